The van der Waals surface area contributed by atoms with Gasteiger partial charge < -0.3 is 24.8 Å². The van der Waals surface area contributed by atoms with Crippen molar-refractivity contribution in [3.63, 3.8) is 0 Å². The van der Waals surface area contributed by atoms with Crippen LogP contribution in [0.2, 0.25) is 0 Å². The molecule has 0 bridgehead atoms. The summed E-state index contributed by atoms with van der Waals surface area (Å²) < 4.78 is 49.9. The molecule has 3 N–H and O–H groups in total. The van der Waals surface area contributed by atoms with E-state index in [1.54, 1.807) is 30.8 Å². The van der Waals surface area contributed by atoms with Crippen molar-refractivity contribution >= 4 is 17.6 Å². The third kappa shape index (κ3) is 4.16. The molecule has 1 aromatic heterocycles. The Bertz CT molecular complexity index is 1110. The molecule has 2 heterocycles. The van der Waals surface area contributed by atoms with E-state index in [1.807, 2.05) is 13.0 Å². The van der Waals surface area contributed by atoms with Crippen LogP contribution in [0, 0.1) is 5.82 Å². The van der Waals surface area contributed by atoms with Crippen molar-refractivity contribution in [3.8, 4) is 5.75 Å². The van der Waals surface area contributed by atoms with Crippen molar-refractivity contribution in [3.05, 3.63) is 53.0 Å². The number of alkyl halides is 2. The van der Waals surface area contributed by atoms with Gasteiger partial charge in [-0.3, -0.25) is 0 Å². The number of ether oxygens (including phenoxy) is 1. The van der Waals surface area contributed by atoms with Crippen LogP contribution in [0.3, 0.4) is 0 Å². The number of nitrogens with zero attached hydrogens (tertiary/aromatic N) is 2. The van der Waals surface area contributed by atoms with Crippen LogP contribution in [0.4, 0.5) is 19.0 Å². The summed E-state index contributed by atoms with van der Waals surface area (Å²) in [4.78, 5) is 4.42. The summed E-state index contributed by atoms with van der Waals surface area (Å²) in [6, 6.07) is 2.30. The lowest BCUT2D eigenvalue weighted by molar-refractivity contribution is -0.0169. The molecule has 34 heavy (non-hydrogen) atoms. The van der Waals surface area contributed by atoms with E-state index in [0.29, 0.717) is 17.9 Å². The molecule has 1 aliphatic carbocycles. The predicted molar refractivity (Wildman–Crippen MR) is 125 cm³/mol. The largest absolute Gasteiger partial charge is 0.487 e. The average Bonchev–Trinajstić information content (AvgIpc) is 3.31. The monoisotopic (exact) mass is 477 g/mol. The number of hydrogen-bond acceptors (Lipinski definition) is 5. The highest BCUT2D eigenvalue weighted by Crippen LogP contribution is 2.42. The van der Waals surface area contributed by atoms with E-state index in [2.05, 4.69) is 16.9 Å². The normalized spacial score (nSPS) is 26.9. The predicted octanol–water partition coefficient (Wildman–Crippen LogP) is 4.64. The SMILES string of the molecule is C=C(C)c1ccn(C2CC(Oc3cc(C(F)F)c(F)c4c3CNCC4C)C(O)C2O)c1N=CC. The Morgan fingerprint density at radius 2 is 2.09 bits per heavy atom. The lowest BCUT2D eigenvalue weighted by Gasteiger charge is -2.29. The van der Waals surface area contributed by atoms with Gasteiger partial charge in [-0.2, -0.15) is 0 Å². The Kier molecular flexibility index (Phi) is 6.89. The van der Waals surface area contributed by atoms with E-state index in [-0.39, 0.29) is 30.2 Å². The van der Waals surface area contributed by atoms with E-state index in [4.69, 9.17) is 4.74 Å². The molecule has 2 aliphatic rings. The number of aliphatic imine (C=N–C) groups is 1. The van der Waals surface area contributed by atoms with E-state index in [0.717, 1.165) is 17.2 Å². The molecule has 0 amide bonds. The minimum absolute atomic E-state index is 0.101. The zero-order chi connectivity index (χ0) is 24.7. The van der Waals surface area contributed by atoms with Gasteiger partial charge in [-0.15, -0.1) is 0 Å². The topological polar surface area (TPSA) is 79.0 Å². The smallest absolute Gasteiger partial charge is 0.266 e. The molecule has 5 unspecified atom stereocenters. The number of fused-ring (bicyclic) bond motifs is 1. The maximum absolute atomic E-state index is 14.9. The van der Waals surface area contributed by atoms with Crippen LogP contribution in [-0.4, -0.2) is 45.9 Å². The highest BCUT2D eigenvalue weighted by Gasteiger charge is 2.45. The van der Waals surface area contributed by atoms with Gasteiger partial charge in [0.15, 0.2) is 0 Å². The first kappa shape index (κ1) is 24.5. The molecule has 4 rings (SSSR count). The first-order valence-corrected chi connectivity index (χ1v) is 11.4. The molecule has 184 valence electrons. The highest BCUT2D eigenvalue weighted by molar-refractivity contribution is 5.73. The lowest BCUT2D eigenvalue weighted by Crippen LogP contribution is -2.35. The van der Waals surface area contributed by atoms with Crippen molar-refractivity contribution in [1.82, 2.24) is 9.88 Å². The number of nitrogens with one attached hydrogen (secondary N) is 1. The molecular weight excluding hydrogens is 447 g/mol. The number of rotatable bonds is 6. The summed E-state index contributed by atoms with van der Waals surface area (Å²) in [5.74, 6) is -0.516. The number of benzene rings is 1. The van der Waals surface area contributed by atoms with Gasteiger partial charge in [0.1, 0.15) is 35.7 Å². The number of aliphatic hydroxyl groups is 2. The zero-order valence-electron chi connectivity index (χ0n) is 19.4. The van der Waals surface area contributed by atoms with E-state index >= 15 is 0 Å². The third-order valence-electron chi connectivity index (χ3n) is 6.71. The second-order valence-corrected chi connectivity index (χ2v) is 9.07. The molecular formula is C25H30F3N3O3. The average molecular weight is 478 g/mol. The van der Waals surface area contributed by atoms with Gasteiger partial charge in [-0.25, -0.2) is 18.2 Å². The molecule has 0 radical (unpaired) electrons. The Morgan fingerprint density at radius 1 is 1.35 bits per heavy atom. The van der Waals surface area contributed by atoms with Crippen LogP contribution in [0.5, 0.6) is 5.75 Å². The zero-order valence-corrected chi connectivity index (χ0v) is 19.4. The van der Waals surface area contributed by atoms with E-state index < -0.39 is 42.2 Å². The Balaban J connectivity index is 1.69. The number of aromatic nitrogens is 1. The molecule has 1 saturated carbocycles. The van der Waals surface area contributed by atoms with Crippen LogP contribution < -0.4 is 10.1 Å². The number of aliphatic hydroxyl groups excluding tert-OH is 2. The van der Waals surface area contributed by atoms with Crippen LogP contribution in [0.15, 0.2) is 29.9 Å². The quantitative estimate of drug-likeness (QED) is 0.530. The van der Waals surface area contributed by atoms with Crippen molar-refractivity contribution in [2.75, 3.05) is 6.54 Å². The Labute approximate surface area is 196 Å². The van der Waals surface area contributed by atoms with Gasteiger partial charge in [0.25, 0.3) is 6.43 Å². The fourth-order valence-corrected chi connectivity index (χ4v) is 5.01. The summed E-state index contributed by atoms with van der Waals surface area (Å²) in [6.07, 6.45) is -2.72. The summed E-state index contributed by atoms with van der Waals surface area (Å²) in [5.41, 5.74) is 1.58. The summed E-state index contributed by atoms with van der Waals surface area (Å²) in [5, 5.41) is 24.8. The first-order chi connectivity index (χ1) is 16.1. The highest BCUT2D eigenvalue weighted by atomic mass is 19.3. The van der Waals surface area contributed by atoms with Crippen molar-refractivity contribution in [2.45, 2.75) is 70.4 Å². The van der Waals surface area contributed by atoms with Gasteiger partial charge in [0.05, 0.1) is 11.6 Å². The fourth-order valence-electron chi connectivity index (χ4n) is 5.01. The number of allylic oxidation sites excluding steroid dienone is 1. The minimum Gasteiger partial charge on any atom is -0.487 e. The first-order valence-electron chi connectivity index (χ1n) is 11.4. The molecule has 9 heteroatoms. The molecule has 0 spiro atoms. The molecule has 6 nitrogen and oxygen atoms in total. The van der Waals surface area contributed by atoms with Crippen LogP contribution in [-0.2, 0) is 6.54 Å². The second-order valence-electron chi connectivity index (χ2n) is 9.07. The van der Waals surface area contributed by atoms with Gasteiger partial charge in [-0.05, 0) is 37.5 Å². The van der Waals surface area contributed by atoms with Crippen LogP contribution >= 0.6 is 0 Å². The molecule has 0 saturated heterocycles. The lowest BCUT2D eigenvalue weighted by atomic mass is 9.89. The van der Waals surface area contributed by atoms with Crippen molar-refractivity contribution < 1.29 is 28.1 Å². The summed E-state index contributed by atoms with van der Waals surface area (Å²) >= 11 is 0. The molecule has 1 aliphatic heterocycles. The number of hydrogen-bond donors (Lipinski definition) is 3. The van der Waals surface area contributed by atoms with E-state index in [1.165, 1.54) is 0 Å². The molecule has 1 aromatic carbocycles. The van der Waals surface area contributed by atoms with Crippen LogP contribution in [0.25, 0.3) is 5.57 Å². The van der Waals surface area contributed by atoms with E-state index in [9.17, 15) is 23.4 Å². The maximum atomic E-state index is 14.9. The van der Waals surface area contributed by atoms with Crippen molar-refractivity contribution in [2.24, 2.45) is 4.99 Å². The van der Waals surface area contributed by atoms with Gasteiger partial charge in [0.2, 0.25) is 0 Å². The second kappa shape index (κ2) is 9.56. The molecule has 5 atom stereocenters. The van der Waals surface area contributed by atoms with Crippen molar-refractivity contribution in [1.29, 1.82) is 0 Å². The van der Waals surface area contributed by atoms with Crippen LogP contribution in [0.1, 0.15) is 67.8 Å². The number of halogens is 3. The standard InChI is InChI=1S/C25H30F3N3O3/c1-5-30-25-14(12(2)3)6-7-31(25)17-9-19(23(33)22(17)32)34-18-8-15(24(27)28)21(26)20-13(4)10-29-11-16(18)20/h5-8,13,17,19,22-24,29,32-33H,2,9-11H2,1,3-4H3. The maximum Gasteiger partial charge on any atom is 0.266 e. The van der Waals surface area contributed by atoms with Gasteiger partial charge >= 0.3 is 0 Å². The Morgan fingerprint density at radius 3 is 2.74 bits per heavy atom. The third-order valence-corrected chi connectivity index (χ3v) is 6.71. The summed E-state index contributed by atoms with van der Waals surface area (Å²) in [7, 11) is 0. The fraction of sp³-hybridized carbons (Fsp3) is 0.480. The Hall–Kier alpha value is -2.62. The van der Waals surface area contributed by atoms with Gasteiger partial charge in [-0.1, -0.05) is 13.5 Å². The van der Waals surface area contributed by atoms with Gasteiger partial charge in [0, 0.05) is 48.6 Å². The molecule has 2 aromatic rings. The minimum atomic E-state index is -3.00. The summed E-state index contributed by atoms with van der Waals surface area (Å²) in [6.45, 7) is 10.1. The molecule has 1 fully saturated rings.